The molecule has 5 heteroatoms. The van der Waals surface area contributed by atoms with Gasteiger partial charge in [-0.25, -0.2) is 4.79 Å². The smallest absolute Gasteiger partial charge is 0.408 e. The molecule has 1 aromatic carbocycles. The number of hydrogen-bond acceptors (Lipinski definition) is 4. The van der Waals surface area contributed by atoms with Gasteiger partial charge < -0.3 is 15.5 Å². The van der Waals surface area contributed by atoms with Crippen LogP contribution in [-0.4, -0.2) is 17.7 Å². The maximum atomic E-state index is 11.5. The summed E-state index contributed by atoms with van der Waals surface area (Å²) < 4.78 is 6.66. The Labute approximate surface area is 112 Å². The zero-order valence-corrected chi connectivity index (χ0v) is 11.6. The second-order valence-corrected chi connectivity index (χ2v) is 5.05. The van der Waals surface area contributed by atoms with Crippen molar-refractivity contribution < 1.29 is 4.42 Å². The highest BCUT2D eigenvalue weighted by atomic mass is 16.4. The summed E-state index contributed by atoms with van der Waals surface area (Å²) in [5, 5.41) is 3.29. The van der Waals surface area contributed by atoms with E-state index >= 15 is 0 Å². The van der Waals surface area contributed by atoms with Crippen LogP contribution in [0.3, 0.4) is 0 Å². The van der Waals surface area contributed by atoms with E-state index in [-0.39, 0.29) is 17.8 Å². The summed E-state index contributed by atoms with van der Waals surface area (Å²) in [7, 11) is 3.65. The summed E-state index contributed by atoms with van der Waals surface area (Å²) in [6.45, 7) is 2.01. The van der Waals surface area contributed by atoms with Crippen molar-refractivity contribution in [3.8, 4) is 0 Å². The topological polar surface area (TPSA) is 73.2 Å². The lowest BCUT2D eigenvalue weighted by Gasteiger charge is -2.17. The highest BCUT2D eigenvalue weighted by molar-refractivity contribution is 5.73. The molecule has 0 aliphatic carbocycles. The number of fused-ring (bicyclic) bond motifs is 1. The molecule has 0 saturated carbocycles. The third-order valence-corrected chi connectivity index (χ3v) is 3.48. The van der Waals surface area contributed by atoms with Gasteiger partial charge in [0.2, 0.25) is 0 Å². The van der Waals surface area contributed by atoms with Gasteiger partial charge in [0.1, 0.15) is 0 Å². The van der Waals surface area contributed by atoms with Crippen LogP contribution in [0, 0.1) is 0 Å². The quantitative estimate of drug-likeness (QED) is 0.857. The van der Waals surface area contributed by atoms with Crippen molar-refractivity contribution in [2.45, 2.75) is 31.8 Å². The van der Waals surface area contributed by atoms with Crippen molar-refractivity contribution in [1.29, 1.82) is 0 Å². The molecule has 104 valence electrons. The molecule has 0 spiro atoms. The highest BCUT2D eigenvalue weighted by Gasteiger charge is 2.13. The fraction of sp³-hybridized carbons (Fsp3) is 0.500. The molecular weight excluding hydrogens is 242 g/mol. The van der Waals surface area contributed by atoms with Gasteiger partial charge in [0.05, 0.1) is 5.52 Å². The van der Waals surface area contributed by atoms with Crippen molar-refractivity contribution in [2.75, 3.05) is 7.05 Å². The first-order chi connectivity index (χ1) is 9.02. The molecule has 0 fully saturated rings. The molecule has 0 amide bonds. The van der Waals surface area contributed by atoms with Crippen LogP contribution in [0.2, 0.25) is 0 Å². The van der Waals surface area contributed by atoms with Crippen LogP contribution in [0.25, 0.3) is 11.1 Å². The molecule has 0 saturated heterocycles. The number of aryl methyl sites for hydroxylation is 1. The zero-order chi connectivity index (χ0) is 14.0. The minimum absolute atomic E-state index is 0.192. The molecule has 0 aliphatic rings. The molecule has 19 heavy (non-hydrogen) atoms. The van der Waals surface area contributed by atoms with E-state index in [4.69, 9.17) is 10.2 Å². The summed E-state index contributed by atoms with van der Waals surface area (Å²) in [5.41, 5.74) is 8.39. The molecule has 2 unspecified atom stereocenters. The minimum Gasteiger partial charge on any atom is -0.408 e. The first-order valence-corrected chi connectivity index (χ1v) is 6.55. The number of nitrogens with zero attached hydrogens (tertiary/aromatic N) is 1. The van der Waals surface area contributed by atoms with E-state index in [9.17, 15) is 4.79 Å². The fourth-order valence-electron chi connectivity index (χ4n) is 2.27. The molecule has 2 atom stereocenters. The summed E-state index contributed by atoms with van der Waals surface area (Å²) in [4.78, 5) is 11.5. The monoisotopic (exact) mass is 263 g/mol. The number of nitrogens with two attached hydrogens (primary N) is 1. The Morgan fingerprint density at radius 2 is 2.16 bits per heavy atom. The number of nitrogens with one attached hydrogen (secondary N) is 1. The van der Waals surface area contributed by atoms with Gasteiger partial charge in [-0.15, -0.1) is 0 Å². The Kier molecular flexibility index (Phi) is 4.07. The second-order valence-electron chi connectivity index (χ2n) is 5.05. The predicted octanol–water partition coefficient (Wildman–Crippen LogP) is 1.52. The first kappa shape index (κ1) is 13.8. The molecule has 2 rings (SSSR count). The number of hydrogen-bond donors (Lipinski definition) is 2. The molecule has 2 aromatic rings. The zero-order valence-electron chi connectivity index (χ0n) is 11.6. The van der Waals surface area contributed by atoms with E-state index in [1.165, 1.54) is 4.57 Å². The molecule has 1 heterocycles. The first-order valence-electron chi connectivity index (χ1n) is 6.55. The average molecular weight is 263 g/mol. The normalized spacial score (nSPS) is 14.7. The Bertz CT molecular complexity index is 613. The van der Waals surface area contributed by atoms with Crippen LogP contribution < -0.4 is 16.8 Å². The molecule has 3 N–H and O–H groups in total. The van der Waals surface area contributed by atoms with Crippen molar-refractivity contribution in [1.82, 2.24) is 9.88 Å². The van der Waals surface area contributed by atoms with Crippen molar-refractivity contribution >= 4 is 11.1 Å². The molecule has 5 nitrogen and oxygen atoms in total. The van der Waals surface area contributed by atoms with Crippen LogP contribution in [0.5, 0.6) is 0 Å². The van der Waals surface area contributed by atoms with Gasteiger partial charge >= 0.3 is 5.76 Å². The molecule has 0 aliphatic heterocycles. The fourth-order valence-corrected chi connectivity index (χ4v) is 2.27. The van der Waals surface area contributed by atoms with Crippen LogP contribution in [0.1, 0.15) is 31.4 Å². The second kappa shape index (κ2) is 5.59. The lowest BCUT2D eigenvalue weighted by Crippen LogP contribution is -2.21. The van der Waals surface area contributed by atoms with E-state index in [2.05, 4.69) is 5.32 Å². The Hall–Kier alpha value is -1.59. The van der Waals surface area contributed by atoms with Crippen molar-refractivity contribution in [3.05, 3.63) is 34.3 Å². The van der Waals surface area contributed by atoms with Crippen LogP contribution >= 0.6 is 0 Å². The standard InChI is InChI=1S/C14H21N3O2/c1-9(15)4-6-11(16-2)10-5-7-13-12(8-10)17(3)14(18)19-13/h5,7-9,11,16H,4,6,15H2,1-3H3. The molecule has 0 radical (unpaired) electrons. The van der Waals surface area contributed by atoms with Gasteiger partial charge in [-0.1, -0.05) is 6.07 Å². The maximum Gasteiger partial charge on any atom is 0.419 e. The Morgan fingerprint density at radius 1 is 1.42 bits per heavy atom. The highest BCUT2D eigenvalue weighted by Crippen LogP contribution is 2.23. The van der Waals surface area contributed by atoms with Crippen molar-refractivity contribution in [2.24, 2.45) is 12.8 Å². The minimum atomic E-state index is -0.330. The van der Waals surface area contributed by atoms with Gasteiger partial charge in [0, 0.05) is 19.1 Å². The third-order valence-electron chi connectivity index (χ3n) is 3.48. The maximum absolute atomic E-state index is 11.5. The lowest BCUT2D eigenvalue weighted by atomic mass is 10.00. The molecule has 0 bridgehead atoms. The largest absolute Gasteiger partial charge is 0.419 e. The summed E-state index contributed by atoms with van der Waals surface area (Å²) in [5.74, 6) is -0.330. The van der Waals surface area contributed by atoms with Gasteiger partial charge in [-0.3, -0.25) is 4.57 Å². The van der Waals surface area contributed by atoms with E-state index in [1.54, 1.807) is 7.05 Å². The lowest BCUT2D eigenvalue weighted by molar-refractivity contribution is 0.496. The van der Waals surface area contributed by atoms with Crippen LogP contribution in [0.15, 0.2) is 27.4 Å². The van der Waals surface area contributed by atoms with E-state index in [0.29, 0.717) is 5.58 Å². The number of aromatic nitrogens is 1. The third kappa shape index (κ3) is 2.88. The summed E-state index contributed by atoms with van der Waals surface area (Å²) in [6.07, 6.45) is 1.92. The average Bonchev–Trinajstić information content (AvgIpc) is 2.66. The van der Waals surface area contributed by atoms with E-state index < -0.39 is 0 Å². The van der Waals surface area contributed by atoms with Gasteiger partial charge in [-0.2, -0.15) is 0 Å². The Balaban J connectivity index is 2.32. The van der Waals surface area contributed by atoms with Gasteiger partial charge in [0.15, 0.2) is 5.58 Å². The van der Waals surface area contributed by atoms with E-state index in [1.807, 2.05) is 32.2 Å². The SMILES string of the molecule is CNC(CCC(C)N)c1ccc2oc(=O)n(C)c2c1. The van der Waals surface area contributed by atoms with Gasteiger partial charge in [0.25, 0.3) is 0 Å². The van der Waals surface area contributed by atoms with E-state index in [0.717, 1.165) is 23.9 Å². The predicted molar refractivity (Wildman–Crippen MR) is 76.1 cm³/mol. The van der Waals surface area contributed by atoms with Crippen molar-refractivity contribution in [3.63, 3.8) is 0 Å². The number of oxazole rings is 1. The van der Waals surface area contributed by atoms with Gasteiger partial charge in [-0.05, 0) is 44.5 Å². The summed E-state index contributed by atoms with van der Waals surface area (Å²) in [6, 6.07) is 6.27. The number of rotatable bonds is 5. The van der Waals surface area contributed by atoms with Crippen LogP contribution in [0.4, 0.5) is 0 Å². The molecular formula is C14H21N3O2. The summed E-state index contributed by atoms with van der Waals surface area (Å²) >= 11 is 0. The Morgan fingerprint density at radius 3 is 2.79 bits per heavy atom. The molecule has 1 aromatic heterocycles. The number of benzene rings is 1. The van der Waals surface area contributed by atoms with Crippen LogP contribution in [-0.2, 0) is 7.05 Å².